The molecule has 0 unspecified atom stereocenters. The van der Waals surface area contributed by atoms with E-state index >= 15 is 0 Å². The van der Waals surface area contributed by atoms with Crippen LogP contribution < -0.4 is 0 Å². The number of hydrogen-bond acceptors (Lipinski definition) is 1. The molecule has 1 aliphatic rings. The Kier molecular flexibility index (Phi) is 4.74. The van der Waals surface area contributed by atoms with E-state index in [1.165, 1.54) is 11.6 Å². The van der Waals surface area contributed by atoms with Crippen molar-refractivity contribution < 1.29 is 9.18 Å². The van der Waals surface area contributed by atoms with Crippen molar-refractivity contribution >= 4 is 5.91 Å². The fourth-order valence-corrected chi connectivity index (χ4v) is 3.81. The van der Waals surface area contributed by atoms with Gasteiger partial charge in [-0.25, -0.2) is 4.39 Å². The monoisotopic (exact) mass is 328 g/mol. The van der Waals surface area contributed by atoms with Gasteiger partial charge in [0, 0.05) is 24.3 Å². The third kappa shape index (κ3) is 2.85. The lowest BCUT2D eigenvalue weighted by Gasteiger charge is -2.19. The van der Waals surface area contributed by atoms with Gasteiger partial charge in [-0.3, -0.25) is 4.79 Å². The van der Waals surface area contributed by atoms with Crippen molar-refractivity contribution in [3.63, 3.8) is 0 Å². The van der Waals surface area contributed by atoms with Crippen LogP contribution in [0.4, 0.5) is 4.39 Å². The van der Waals surface area contributed by atoms with Gasteiger partial charge in [0.15, 0.2) is 0 Å². The average Bonchev–Trinajstić information content (AvgIpc) is 3.17. The molecule has 0 N–H and O–H groups in total. The van der Waals surface area contributed by atoms with Gasteiger partial charge < -0.3 is 9.47 Å². The van der Waals surface area contributed by atoms with Crippen molar-refractivity contribution in [1.82, 2.24) is 9.47 Å². The summed E-state index contributed by atoms with van der Waals surface area (Å²) in [6, 6.07) is 6.80. The molecule has 2 aromatic rings. The molecule has 0 aliphatic carbocycles. The highest BCUT2D eigenvalue weighted by Crippen LogP contribution is 2.27. The Morgan fingerprint density at radius 2 is 1.83 bits per heavy atom. The van der Waals surface area contributed by atoms with Crippen molar-refractivity contribution in [3.05, 3.63) is 58.2 Å². The van der Waals surface area contributed by atoms with E-state index in [0.717, 1.165) is 49.3 Å². The average molecular weight is 328 g/mol. The Hall–Kier alpha value is -2.10. The molecule has 24 heavy (non-hydrogen) atoms. The Balaban J connectivity index is 2.06. The van der Waals surface area contributed by atoms with E-state index < -0.39 is 0 Å². The normalized spacial score (nSPS) is 14.4. The molecule has 1 aromatic carbocycles. The molecule has 0 radical (unpaired) electrons. The van der Waals surface area contributed by atoms with Gasteiger partial charge in [-0.05, 0) is 50.3 Å². The van der Waals surface area contributed by atoms with Gasteiger partial charge >= 0.3 is 0 Å². The molecule has 128 valence electrons. The molecule has 1 amide bonds. The van der Waals surface area contributed by atoms with Gasteiger partial charge in [0.2, 0.25) is 0 Å². The van der Waals surface area contributed by atoms with Crippen molar-refractivity contribution in [2.24, 2.45) is 0 Å². The molecule has 1 saturated heterocycles. The van der Waals surface area contributed by atoms with Crippen molar-refractivity contribution in [1.29, 1.82) is 0 Å². The van der Waals surface area contributed by atoms with E-state index in [-0.39, 0.29) is 11.7 Å². The van der Waals surface area contributed by atoms with Crippen molar-refractivity contribution in [2.45, 2.75) is 46.6 Å². The van der Waals surface area contributed by atoms with Crippen LogP contribution in [0, 0.1) is 19.7 Å². The zero-order valence-electron chi connectivity index (χ0n) is 14.7. The summed E-state index contributed by atoms with van der Waals surface area (Å²) in [6.07, 6.45) is 3.01. The predicted octanol–water partition coefficient (Wildman–Crippen LogP) is 4.09. The lowest BCUT2D eigenvalue weighted by Crippen LogP contribution is -2.30. The van der Waals surface area contributed by atoms with E-state index in [1.54, 1.807) is 12.1 Å². The van der Waals surface area contributed by atoms with Crippen LogP contribution in [0.15, 0.2) is 24.3 Å². The molecule has 1 aromatic heterocycles. The summed E-state index contributed by atoms with van der Waals surface area (Å²) in [5, 5.41) is 0. The van der Waals surface area contributed by atoms with E-state index in [4.69, 9.17) is 0 Å². The maximum Gasteiger partial charge on any atom is 0.270 e. The fourth-order valence-electron chi connectivity index (χ4n) is 3.81. The molecule has 1 aliphatic heterocycles. The first-order valence-corrected chi connectivity index (χ1v) is 8.75. The second-order valence-electron chi connectivity index (χ2n) is 6.57. The van der Waals surface area contributed by atoms with Crippen LogP contribution in [-0.4, -0.2) is 28.5 Å². The number of aromatic nitrogens is 1. The third-order valence-corrected chi connectivity index (χ3v) is 5.16. The smallest absolute Gasteiger partial charge is 0.270 e. The highest BCUT2D eigenvalue weighted by Gasteiger charge is 2.27. The number of benzene rings is 1. The van der Waals surface area contributed by atoms with Crippen molar-refractivity contribution in [3.8, 4) is 0 Å². The van der Waals surface area contributed by atoms with E-state index in [1.807, 2.05) is 29.4 Å². The Labute approximate surface area is 143 Å². The molecule has 0 saturated carbocycles. The quantitative estimate of drug-likeness (QED) is 0.830. The SMILES string of the molecule is CCc1c(C)c(C(=O)N2CCCC2)n(Cc2ccccc2F)c1C. The van der Waals surface area contributed by atoms with E-state index in [9.17, 15) is 9.18 Å². The second kappa shape index (κ2) is 6.80. The number of likely N-dealkylation sites (tertiary alicyclic amines) is 1. The lowest BCUT2D eigenvalue weighted by atomic mass is 10.1. The number of carbonyl (C=O) groups is 1. The van der Waals surface area contributed by atoms with Crippen LogP contribution in [0.1, 0.15) is 52.6 Å². The Morgan fingerprint density at radius 1 is 1.17 bits per heavy atom. The van der Waals surface area contributed by atoms with Crippen LogP contribution in [-0.2, 0) is 13.0 Å². The standard InChI is InChI=1S/C20H25FN2O/c1-4-17-14(2)19(20(24)22-11-7-8-12-22)23(15(17)3)13-16-9-5-6-10-18(16)21/h5-6,9-10H,4,7-8,11-13H2,1-3H3. The van der Waals surface area contributed by atoms with Gasteiger partial charge in [-0.2, -0.15) is 0 Å². The number of nitrogens with zero attached hydrogens (tertiary/aromatic N) is 2. The number of amides is 1. The number of carbonyl (C=O) groups excluding carboxylic acids is 1. The minimum atomic E-state index is -0.221. The van der Waals surface area contributed by atoms with Crippen LogP contribution in [0.3, 0.4) is 0 Å². The van der Waals surface area contributed by atoms with Crippen LogP contribution >= 0.6 is 0 Å². The molecule has 0 spiro atoms. The molecule has 2 heterocycles. The fraction of sp³-hybridized carbons (Fsp3) is 0.450. The highest BCUT2D eigenvalue weighted by atomic mass is 19.1. The summed E-state index contributed by atoms with van der Waals surface area (Å²) in [6.45, 7) is 8.20. The van der Waals surface area contributed by atoms with E-state index in [2.05, 4.69) is 6.92 Å². The number of rotatable bonds is 4. The first kappa shape index (κ1) is 16.7. The molecule has 3 nitrogen and oxygen atoms in total. The van der Waals surface area contributed by atoms with Gasteiger partial charge in [-0.1, -0.05) is 25.1 Å². The zero-order valence-corrected chi connectivity index (χ0v) is 14.7. The summed E-state index contributed by atoms with van der Waals surface area (Å²) in [7, 11) is 0. The van der Waals surface area contributed by atoms with Crippen LogP contribution in [0.5, 0.6) is 0 Å². The largest absolute Gasteiger partial charge is 0.337 e. The van der Waals surface area contributed by atoms with E-state index in [0.29, 0.717) is 12.1 Å². The molecule has 0 atom stereocenters. The molecule has 3 rings (SSSR count). The molecular formula is C20H25FN2O. The molecular weight excluding hydrogens is 303 g/mol. The van der Waals surface area contributed by atoms with Gasteiger partial charge in [0.05, 0.1) is 6.54 Å². The summed E-state index contributed by atoms with van der Waals surface area (Å²) < 4.78 is 16.1. The predicted molar refractivity (Wildman–Crippen MR) is 93.9 cm³/mol. The minimum absolute atomic E-state index is 0.0872. The summed E-state index contributed by atoms with van der Waals surface area (Å²) in [5.41, 5.74) is 4.67. The third-order valence-electron chi connectivity index (χ3n) is 5.16. The topological polar surface area (TPSA) is 25.2 Å². The number of hydrogen-bond donors (Lipinski definition) is 0. The summed E-state index contributed by atoms with van der Waals surface area (Å²) >= 11 is 0. The second-order valence-corrected chi connectivity index (χ2v) is 6.57. The maximum absolute atomic E-state index is 14.1. The Morgan fingerprint density at radius 3 is 2.46 bits per heavy atom. The maximum atomic E-state index is 14.1. The first-order chi connectivity index (χ1) is 11.5. The molecule has 4 heteroatoms. The molecule has 1 fully saturated rings. The van der Waals surface area contributed by atoms with Crippen LogP contribution in [0.2, 0.25) is 0 Å². The molecule has 0 bridgehead atoms. The zero-order chi connectivity index (χ0) is 17.3. The van der Waals surface area contributed by atoms with Gasteiger partial charge in [-0.15, -0.1) is 0 Å². The minimum Gasteiger partial charge on any atom is -0.337 e. The van der Waals surface area contributed by atoms with Gasteiger partial charge in [0.1, 0.15) is 11.5 Å². The first-order valence-electron chi connectivity index (χ1n) is 8.75. The summed E-state index contributed by atoms with van der Waals surface area (Å²) in [4.78, 5) is 15.0. The van der Waals surface area contributed by atoms with Crippen molar-refractivity contribution in [2.75, 3.05) is 13.1 Å². The summed E-state index contributed by atoms with van der Waals surface area (Å²) in [5.74, 6) is -0.134. The lowest BCUT2D eigenvalue weighted by molar-refractivity contribution is 0.0781. The number of halogens is 1. The van der Waals surface area contributed by atoms with Crippen LogP contribution in [0.25, 0.3) is 0 Å². The van der Waals surface area contributed by atoms with Gasteiger partial charge in [0.25, 0.3) is 5.91 Å². The Bertz CT molecular complexity index is 757. The highest BCUT2D eigenvalue weighted by molar-refractivity contribution is 5.95.